The van der Waals surface area contributed by atoms with Crippen LogP contribution in [0.2, 0.25) is 15.1 Å². The quantitative estimate of drug-likeness (QED) is 0.0390. The average molecular weight is 1890 g/mol. The Hall–Kier alpha value is -13.5. The van der Waals surface area contributed by atoms with Crippen LogP contribution in [0.1, 0.15) is 54.1 Å². The molecule has 6 saturated heterocycles. The summed E-state index contributed by atoms with van der Waals surface area (Å²) >= 11 is 20.5. The molecule has 0 radical (unpaired) electrons. The summed E-state index contributed by atoms with van der Waals surface area (Å²) in [4.78, 5) is 110. The van der Waals surface area contributed by atoms with Gasteiger partial charge in [0.25, 0.3) is 22.6 Å². The number of likely N-dealkylation sites (tertiary alicyclic amines) is 3. The van der Waals surface area contributed by atoms with Crippen LogP contribution in [0.15, 0.2) is 124 Å². The van der Waals surface area contributed by atoms with Gasteiger partial charge in [0.2, 0.25) is 31.4 Å². The Kier molecular flexibility index (Phi) is 27.6. The third-order valence-electron chi connectivity index (χ3n) is 25.9. The lowest BCUT2D eigenvalue weighted by Crippen LogP contribution is -2.57. The molecule has 6 atom stereocenters. The van der Waals surface area contributed by atoms with Crippen molar-refractivity contribution in [2.75, 3.05) is 193 Å². The van der Waals surface area contributed by atoms with Gasteiger partial charge in [-0.15, -0.1) is 0 Å². The first-order chi connectivity index (χ1) is 64.5. The van der Waals surface area contributed by atoms with E-state index in [1.165, 1.54) is 45.9 Å². The Labute approximate surface area is 780 Å². The van der Waals surface area contributed by atoms with E-state index in [2.05, 4.69) is 60.6 Å². The van der Waals surface area contributed by atoms with Gasteiger partial charge in [-0.05, 0) is 133 Å². The largest absolute Gasteiger partial charge is 0.488 e. The number of carbonyl (C=O) groups is 3. The van der Waals surface area contributed by atoms with E-state index in [9.17, 15) is 62.1 Å². The Morgan fingerprint density at radius 1 is 0.478 bits per heavy atom. The van der Waals surface area contributed by atoms with E-state index in [1.807, 2.05) is 28.8 Å². The second-order valence-corrected chi connectivity index (χ2v) is 35.5. The van der Waals surface area contributed by atoms with Gasteiger partial charge in [-0.2, -0.15) is 15.8 Å². The summed E-state index contributed by atoms with van der Waals surface area (Å²) in [6.45, 7) is 38.2. The standard InChI is InChI=1S/C34H34ClF2N7O3.C31H26ClF3N6O3.C31H27ClF2N6O3/c1-39-17-22-19-42(12-13-43(22)29(45)6-4-9-40(2)3)31-25-15-27(35)30(24-8-7-21(36)14-28(24)37)33-32(25)44(34(46)26(31)16-38)23(20-47-33)18-41-10-5-11-41;1-17(33)30(42)40-9-8-39(15-19(40)13-37-2)27-22-11-24(32)26(21-5-4-18(34)10-25(21)35)29-28(22)41(31(43)23(27)12-36)20(16-44-29)14-38-6-3-7-38;1-3-26(41)39-10-9-38(16-19(39)14-36-2)28-22-12-24(32)27(21-6-5-18(33)11-25(21)34)30-29(22)40(31(42)23(28)13-35)20(17-43-30)15-37-7-4-8-37/h4,6-8,14-15,22-23H,5,9-13,17-20H2,2-3H3;4-5,10-11,19-20H,1,3,6-9,13-16H2;3,5-6,11-12,19-20H,1,4,7-10,14-17H2/b6-4+;;/t22-,23?;2*19-,20?/m000/s1. The summed E-state index contributed by atoms with van der Waals surface area (Å²) in [5, 5.41) is 32.7. The molecule has 6 fully saturated rings. The molecule has 0 saturated carbocycles. The van der Waals surface area contributed by atoms with Crippen molar-refractivity contribution in [3.05, 3.63) is 242 Å². The van der Waals surface area contributed by atoms with Crippen molar-refractivity contribution in [3.63, 3.8) is 0 Å². The van der Waals surface area contributed by atoms with Crippen molar-refractivity contribution in [3.8, 4) is 68.8 Å². The second kappa shape index (κ2) is 39.4. The van der Waals surface area contributed by atoms with Crippen molar-refractivity contribution in [2.24, 2.45) is 0 Å². The summed E-state index contributed by atoms with van der Waals surface area (Å²) in [7, 11) is 3.79. The number of carbonyl (C=O) groups excluding carboxylic acids is 3. The fraction of sp³-hybridized carbons (Fsp3) is 0.375. The molecular formula is C96H87Cl3F7N19O9. The molecule has 9 aliphatic rings. The molecule has 0 N–H and O–H groups in total. The summed E-state index contributed by atoms with van der Waals surface area (Å²) in [6, 6.07) is 17.4. The number of likely N-dealkylation sites (N-methyl/N-ethyl adjacent to an activating group) is 1. The zero-order chi connectivity index (χ0) is 95.1. The fourth-order valence-electron chi connectivity index (χ4n) is 19.4. The van der Waals surface area contributed by atoms with Gasteiger partial charge in [-0.3, -0.25) is 42.5 Å². The third kappa shape index (κ3) is 17.7. The second-order valence-electron chi connectivity index (χ2n) is 34.3. The summed E-state index contributed by atoms with van der Waals surface area (Å²) in [5.41, 5.74) is 0.534. The Bertz CT molecular complexity index is 6860. The molecule has 690 valence electrons. The maximum atomic E-state index is 15.2. The minimum absolute atomic E-state index is 0.00492. The number of hydrogen-bond donors (Lipinski definition) is 0. The van der Waals surface area contributed by atoms with Gasteiger partial charge < -0.3 is 77.7 Å². The van der Waals surface area contributed by atoms with E-state index in [0.717, 1.165) is 94.9 Å². The van der Waals surface area contributed by atoms with E-state index in [0.29, 0.717) is 70.3 Å². The van der Waals surface area contributed by atoms with Gasteiger partial charge in [-0.1, -0.05) is 54.0 Å². The first-order valence-corrected chi connectivity index (χ1v) is 44.6. The zero-order valence-electron chi connectivity index (χ0n) is 72.8. The number of ether oxygens (including phenoxy) is 3. The van der Waals surface area contributed by atoms with Gasteiger partial charge in [0.15, 0.2) is 23.1 Å². The maximum Gasteiger partial charge on any atom is 0.282 e. The lowest BCUT2D eigenvalue weighted by Gasteiger charge is -2.41. The molecule has 0 aliphatic carbocycles. The van der Waals surface area contributed by atoms with Crippen LogP contribution in [0, 0.1) is 88.6 Å². The summed E-state index contributed by atoms with van der Waals surface area (Å²) < 4.78 is 124. The van der Waals surface area contributed by atoms with Crippen LogP contribution < -0.4 is 45.6 Å². The van der Waals surface area contributed by atoms with Crippen LogP contribution in [0.5, 0.6) is 17.2 Å². The summed E-state index contributed by atoms with van der Waals surface area (Å²) in [5.74, 6) is -6.91. The van der Waals surface area contributed by atoms with Crippen molar-refractivity contribution in [1.29, 1.82) is 15.8 Å². The molecule has 9 aliphatic heterocycles. The van der Waals surface area contributed by atoms with Crippen molar-refractivity contribution in [1.82, 2.24) is 48.0 Å². The number of halogens is 10. The predicted molar refractivity (Wildman–Crippen MR) is 492 cm³/mol. The number of pyridine rings is 3. The molecular weight excluding hydrogens is 1800 g/mol. The number of piperazine rings is 3. The molecule has 134 heavy (non-hydrogen) atoms. The van der Waals surface area contributed by atoms with E-state index in [4.69, 9.17) is 68.7 Å². The van der Waals surface area contributed by atoms with Crippen molar-refractivity contribution in [2.45, 2.75) is 55.5 Å². The monoisotopic (exact) mass is 1890 g/mol. The highest BCUT2D eigenvalue weighted by Gasteiger charge is 2.45. The van der Waals surface area contributed by atoms with Crippen molar-refractivity contribution < 1.29 is 59.3 Å². The van der Waals surface area contributed by atoms with Gasteiger partial charge in [0.1, 0.15) is 108 Å². The van der Waals surface area contributed by atoms with Gasteiger partial charge in [-0.25, -0.2) is 50.4 Å². The Morgan fingerprint density at radius 3 is 1.07 bits per heavy atom. The highest BCUT2D eigenvalue weighted by Crippen LogP contribution is 2.53. The van der Waals surface area contributed by atoms with Crippen LogP contribution in [-0.2, 0) is 14.4 Å². The highest BCUT2D eigenvalue weighted by atomic mass is 35.5. The normalized spacial score (nSPS) is 19.6. The molecule has 28 nitrogen and oxygen atoms in total. The fourth-order valence-corrected chi connectivity index (χ4v) is 20.2. The van der Waals surface area contributed by atoms with Gasteiger partial charge >= 0.3 is 0 Å². The SMILES string of the molecule is [C-]#[N+]C[C@H]1CN(c2c(C#N)c(=O)n3c4c(c(-c5ccc(F)cc5F)c(Cl)cc24)OCC3CN2CCC2)CCN1C(=O)/C=C/CN(C)C.[C-]#[N+]C[C@H]1CN(c2c(C#N)c(=O)n3c4c(c(-c5ccc(F)cc5F)c(Cl)cc24)OCC3CN2CCC2)CCN1C(=O)C(=C)F.[C-]#[N+]C[C@H]1CN(c2c(C#N)c(=O)n3c4c(c(-c5ccc(F)cc5F)c(Cl)cc24)OCC3CN2CCC2)CCN1C(=O)C=C. The van der Waals surface area contributed by atoms with E-state index in [-0.39, 0.29) is 198 Å². The number of nitrogens with zero attached hydrogens (tertiary/aromatic N) is 19. The van der Waals surface area contributed by atoms with E-state index < -0.39 is 99.6 Å². The van der Waals surface area contributed by atoms with Gasteiger partial charge in [0, 0.05) is 159 Å². The lowest BCUT2D eigenvalue weighted by molar-refractivity contribution is -0.131. The smallest absolute Gasteiger partial charge is 0.282 e. The minimum Gasteiger partial charge on any atom is -0.488 e. The third-order valence-corrected chi connectivity index (χ3v) is 26.8. The Morgan fingerprint density at radius 2 is 0.791 bits per heavy atom. The van der Waals surface area contributed by atoms with Crippen molar-refractivity contribution >= 4 is 102 Å². The van der Waals surface area contributed by atoms with Gasteiger partial charge in [0.05, 0.1) is 66.8 Å². The number of hydrogen-bond acceptors (Lipinski definition) is 19. The number of aromatic nitrogens is 3. The van der Waals surface area contributed by atoms with E-state index in [1.54, 1.807) is 42.0 Å². The predicted octanol–water partition coefficient (Wildman–Crippen LogP) is 12.9. The Balaban J connectivity index is 0.000000146. The lowest BCUT2D eigenvalue weighted by atomic mass is 9.96. The summed E-state index contributed by atoms with van der Waals surface area (Å²) in [6.07, 6.45) is 7.60. The number of anilines is 3. The number of benzene rings is 6. The highest BCUT2D eigenvalue weighted by molar-refractivity contribution is 6.36. The molecule has 6 aromatic carbocycles. The van der Waals surface area contributed by atoms with Crippen LogP contribution in [0.4, 0.5) is 47.8 Å². The molecule has 0 bridgehead atoms. The zero-order valence-corrected chi connectivity index (χ0v) is 75.1. The number of rotatable bonds is 20. The molecule has 12 heterocycles. The first-order valence-electron chi connectivity index (χ1n) is 43.4. The maximum absolute atomic E-state index is 15.2. The van der Waals surface area contributed by atoms with E-state index >= 15 is 13.2 Å². The van der Waals surface area contributed by atoms with Crippen LogP contribution in [0.3, 0.4) is 0 Å². The topological polar surface area (TPSA) is 262 Å². The molecule has 38 heteroatoms. The molecule has 3 amide bonds. The molecule has 3 aromatic heterocycles. The molecule has 18 rings (SSSR count). The molecule has 3 unspecified atom stereocenters. The van der Waals surface area contributed by atoms with Crippen LogP contribution >= 0.6 is 34.8 Å². The molecule has 0 spiro atoms. The number of nitriles is 3. The average Bonchev–Trinajstić information content (AvgIpc) is 0.719. The van der Waals surface area contributed by atoms with Crippen LogP contribution in [-0.4, -0.2) is 262 Å². The first kappa shape index (κ1) is 93.8. The number of amides is 3. The minimum atomic E-state index is -1.15. The van der Waals surface area contributed by atoms with Crippen LogP contribution in [0.25, 0.3) is 80.6 Å². The molecule has 9 aromatic rings.